The Morgan fingerprint density at radius 3 is 2.33 bits per heavy atom. The van der Waals surface area contributed by atoms with Crippen molar-refractivity contribution in [1.29, 1.82) is 0 Å². The summed E-state index contributed by atoms with van der Waals surface area (Å²) < 4.78 is 24.9. The first-order valence-electron chi connectivity index (χ1n) is 15.7. The fourth-order valence-corrected chi connectivity index (χ4v) is 6.92. The minimum atomic E-state index is -0.838. The van der Waals surface area contributed by atoms with Crippen LogP contribution in [-0.2, 0) is 28.9 Å². The van der Waals surface area contributed by atoms with E-state index in [-0.39, 0.29) is 12.2 Å². The fraction of sp³-hybridized carbons (Fsp3) is 0.486. The molecule has 1 aromatic heterocycles. The van der Waals surface area contributed by atoms with Crippen LogP contribution in [0.2, 0.25) is 0 Å². The monoisotopic (exact) mass is 587 g/mol. The molecule has 6 rings (SSSR count). The van der Waals surface area contributed by atoms with Crippen LogP contribution in [0.5, 0.6) is 5.75 Å². The number of aromatic nitrogens is 1. The number of nitrogens with zero attached hydrogens (tertiary/aromatic N) is 3. The molecule has 43 heavy (non-hydrogen) atoms. The van der Waals surface area contributed by atoms with Gasteiger partial charge in [-0.05, 0) is 73.4 Å². The molecule has 1 N–H and O–H groups in total. The zero-order valence-electron chi connectivity index (χ0n) is 25.1. The summed E-state index contributed by atoms with van der Waals surface area (Å²) in [6.45, 7) is 8.11. The minimum absolute atomic E-state index is 0.0504. The molecule has 0 atom stereocenters. The third-order valence-corrected chi connectivity index (χ3v) is 9.63. The average molecular weight is 588 g/mol. The standard InChI is InChI=1S/C35H42FN3O4/c1-25-30(23-32(40)41)34(39-16-14-35(15-17-39)12-2-13-35)33(31(37-25)24-38-18-21-42-22-19-38)27-5-9-29(10-6-27)43-20-11-26-3-7-28(36)8-4-26/h3-10H,2,11-24H2,1H3,(H,40,41). The number of hydrogen-bond acceptors (Lipinski definition) is 6. The number of anilines is 1. The van der Waals surface area contributed by atoms with Gasteiger partial charge < -0.3 is 19.5 Å². The van der Waals surface area contributed by atoms with Gasteiger partial charge in [-0.1, -0.05) is 30.7 Å². The molecule has 0 amide bonds. The van der Waals surface area contributed by atoms with Crippen LogP contribution in [0.4, 0.5) is 10.1 Å². The van der Waals surface area contributed by atoms with Gasteiger partial charge in [0, 0.05) is 56.0 Å². The van der Waals surface area contributed by atoms with Crippen molar-refractivity contribution in [2.45, 2.75) is 58.4 Å². The maximum Gasteiger partial charge on any atom is 0.307 e. The number of aliphatic carboxylic acids is 1. The molecule has 1 saturated carbocycles. The van der Waals surface area contributed by atoms with E-state index in [2.05, 4.69) is 21.9 Å². The molecule has 3 heterocycles. The van der Waals surface area contributed by atoms with Crippen LogP contribution in [0.1, 0.15) is 54.6 Å². The maximum atomic E-state index is 13.2. The molecule has 228 valence electrons. The molecule has 3 aromatic rings. The van der Waals surface area contributed by atoms with Gasteiger partial charge in [-0.15, -0.1) is 0 Å². The van der Waals surface area contributed by atoms with Gasteiger partial charge in [0.2, 0.25) is 0 Å². The van der Waals surface area contributed by atoms with Crippen LogP contribution in [0.15, 0.2) is 48.5 Å². The quantitative estimate of drug-likeness (QED) is 0.310. The smallest absolute Gasteiger partial charge is 0.307 e. The number of morpholine rings is 1. The van der Waals surface area contributed by atoms with Crippen LogP contribution >= 0.6 is 0 Å². The summed E-state index contributed by atoms with van der Waals surface area (Å²) in [5.74, 6) is -0.315. The van der Waals surface area contributed by atoms with E-state index in [0.717, 1.165) is 84.1 Å². The minimum Gasteiger partial charge on any atom is -0.493 e. The molecule has 8 heteroatoms. The molecular formula is C35H42FN3O4. The molecule has 2 aliphatic heterocycles. The second-order valence-electron chi connectivity index (χ2n) is 12.4. The summed E-state index contributed by atoms with van der Waals surface area (Å²) in [6, 6.07) is 14.6. The van der Waals surface area contributed by atoms with Gasteiger partial charge >= 0.3 is 5.97 Å². The fourth-order valence-electron chi connectivity index (χ4n) is 6.92. The Hall–Kier alpha value is -3.49. The van der Waals surface area contributed by atoms with Crippen molar-refractivity contribution in [2.24, 2.45) is 5.41 Å². The normalized spacial score (nSPS) is 18.4. The predicted molar refractivity (Wildman–Crippen MR) is 165 cm³/mol. The molecule has 0 radical (unpaired) electrons. The Bertz CT molecular complexity index is 1410. The van der Waals surface area contributed by atoms with Gasteiger partial charge in [0.05, 0.1) is 37.6 Å². The zero-order valence-corrected chi connectivity index (χ0v) is 25.1. The average Bonchev–Trinajstić information content (AvgIpc) is 2.99. The highest BCUT2D eigenvalue weighted by Gasteiger charge is 2.40. The molecule has 7 nitrogen and oxygen atoms in total. The van der Waals surface area contributed by atoms with Crippen LogP contribution in [0, 0.1) is 18.2 Å². The first-order chi connectivity index (χ1) is 20.9. The van der Waals surface area contributed by atoms with Crippen molar-refractivity contribution in [3.8, 4) is 16.9 Å². The van der Waals surface area contributed by atoms with Gasteiger partial charge in [0.1, 0.15) is 11.6 Å². The summed E-state index contributed by atoms with van der Waals surface area (Å²) in [4.78, 5) is 22.0. The number of aryl methyl sites for hydroxylation is 1. The Morgan fingerprint density at radius 2 is 1.70 bits per heavy atom. The zero-order chi connectivity index (χ0) is 29.8. The Kier molecular flexibility index (Phi) is 8.96. The molecular weight excluding hydrogens is 545 g/mol. The van der Waals surface area contributed by atoms with E-state index in [1.54, 1.807) is 12.1 Å². The predicted octanol–water partition coefficient (Wildman–Crippen LogP) is 6.05. The van der Waals surface area contributed by atoms with Crippen molar-refractivity contribution in [1.82, 2.24) is 9.88 Å². The Labute approximate surface area is 253 Å². The number of ether oxygens (including phenoxy) is 2. The topological polar surface area (TPSA) is 75.1 Å². The number of pyridine rings is 1. The highest BCUT2D eigenvalue weighted by Crippen LogP contribution is 2.50. The van der Waals surface area contributed by atoms with Crippen molar-refractivity contribution >= 4 is 11.7 Å². The summed E-state index contributed by atoms with van der Waals surface area (Å²) in [5.41, 5.74) is 7.21. The lowest BCUT2D eigenvalue weighted by atomic mass is 9.63. The molecule has 0 bridgehead atoms. The summed E-state index contributed by atoms with van der Waals surface area (Å²) in [6.07, 6.45) is 6.90. The molecule has 0 unspecified atom stereocenters. The van der Waals surface area contributed by atoms with E-state index < -0.39 is 5.97 Å². The van der Waals surface area contributed by atoms with Gasteiger partial charge in [-0.3, -0.25) is 14.7 Å². The number of piperidine rings is 1. The first kappa shape index (κ1) is 29.6. The molecule has 1 aliphatic carbocycles. The second-order valence-corrected chi connectivity index (χ2v) is 12.4. The third kappa shape index (κ3) is 6.86. The van der Waals surface area contributed by atoms with Gasteiger partial charge in [-0.2, -0.15) is 0 Å². The second kappa shape index (κ2) is 13.0. The molecule has 2 saturated heterocycles. The van der Waals surface area contributed by atoms with E-state index in [1.165, 1.54) is 31.4 Å². The summed E-state index contributed by atoms with van der Waals surface area (Å²) in [5, 5.41) is 9.95. The van der Waals surface area contributed by atoms with Gasteiger partial charge in [-0.25, -0.2) is 4.39 Å². The molecule has 2 aromatic carbocycles. The Balaban J connectivity index is 1.33. The highest BCUT2D eigenvalue weighted by atomic mass is 19.1. The molecule has 1 spiro atoms. The molecule has 3 fully saturated rings. The van der Waals surface area contributed by atoms with E-state index in [4.69, 9.17) is 14.5 Å². The highest BCUT2D eigenvalue weighted by molar-refractivity contribution is 5.86. The van der Waals surface area contributed by atoms with Crippen LogP contribution in [0.3, 0.4) is 0 Å². The van der Waals surface area contributed by atoms with Crippen molar-refractivity contribution < 1.29 is 23.8 Å². The Morgan fingerprint density at radius 1 is 1.00 bits per heavy atom. The number of carbonyl (C=O) groups is 1. The number of benzene rings is 2. The number of carboxylic acid groups (broad SMARTS) is 1. The van der Waals surface area contributed by atoms with Crippen LogP contribution in [-0.4, -0.2) is 67.0 Å². The van der Waals surface area contributed by atoms with Crippen LogP contribution in [0.25, 0.3) is 11.1 Å². The van der Waals surface area contributed by atoms with Gasteiger partial charge in [0.15, 0.2) is 0 Å². The van der Waals surface area contributed by atoms with E-state index in [0.29, 0.717) is 38.2 Å². The lowest BCUT2D eigenvalue weighted by molar-refractivity contribution is -0.136. The van der Waals surface area contributed by atoms with Crippen molar-refractivity contribution in [2.75, 3.05) is 50.9 Å². The SMILES string of the molecule is Cc1nc(CN2CCOCC2)c(-c2ccc(OCCc3ccc(F)cc3)cc2)c(N2CCC3(CCC3)CC2)c1CC(=O)O. The lowest BCUT2D eigenvalue weighted by Crippen LogP contribution is -2.44. The maximum absolute atomic E-state index is 13.2. The first-order valence-corrected chi connectivity index (χ1v) is 15.7. The van der Waals surface area contributed by atoms with E-state index >= 15 is 0 Å². The largest absolute Gasteiger partial charge is 0.493 e. The number of hydrogen-bond donors (Lipinski definition) is 1. The third-order valence-electron chi connectivity index (χ3n) is 9.63. The van der Waals surface area contributed by atoms with Crippen molar-refractivity contribution in [3.05, 3.63) is 76.9 Å². The molecule has 3 aliphatic rings. The van der Waals surface area contributed by atoms with Crippen LogP contribution < -0.4 is 9.64 Å². The number of carboxylic acids is 1. The number of rotatable bonds is 10. The lowest BCUT2D eigenvalue weighted by Gasteiger charge is -2.49. The summed E-state index contributed by atoms with van der Waals surface area (Å²) in [7, 11) is 0. The van der Waals surface area contributed by atoms with E-state index in [1.807, 2.05) is 19.1 Å². The summed E-state index contributed by atoms with van der Waals surface area (Å²) >= 11 is 0. The van der Waals surface area contributed by atoms with E-state index in [9.17, 15) is 14.3 Å². The van der Waals surface area contributed by atoms with Crippen molar-refractivity contribution in [3.63, 3.8) is 0 Å². The van der Waals surface area contributed by atoms with Gasteiger partial charge in [0.25, 0.3) is 0 Å². The number of halogens is 1.